The van der Waals surface area contributed by atoms with E-state index in [0.29, 0.717) is 72.0 Å². The molecule has 2 aliphatic rings. The van der Waals surface area contributed by atoms with Crippen molar-refractivity contribution < 1.29 is 28.4 Å². The van der Waals surface area contributed by atoms with Gasteiger partial charge < -0.3 is 39.5 Å². The van der Waals surface area contributed by atoms with E-state index in [4.69, 9.17) is 50.7 Å². The lowest BCUT2D eigenvalue weighted by Gasteiger charge is -2.17. The maximum atomic E-state index is 6.13. The molecule has 6 heterocycles. The van der Waals surface area contributed by atoms with E-state index in [-0.39, 0.29) is 5.28 Å². The Morgan fingerprint density at radius 2 is 1.05 bits per heavy atom. The number of hydrogen-bond donors (Lipinski definition) is 2. The molecule has 0 amide bonds. The lowest BCUT2D eigenvalue weighted by Crippen LogP contribution is -2.25. The molecule has 2 aliphatic heterocycles. The quantitative estimate of drug-likeness (QED) is 0.0207. The lowest BCUT2D eigenvalue weighted by molar-refractivity contribution is 0.144. The Labute approximate surface area is 444 Å². The van der Waals surface area contributed by atoms with E-state index in [0.717, 1.165) is 91.1 Å². The van der Waals surface area contributed by atoms with Crippen molar-refractivity contribution in [1.29, 1.82) is 0 Å². The first-order valence-corrected chi connectivity index (χ1v) is 26.6. The minimum atomic E-state index is 0.264. The molecule has 0 saturated carbocycles. The number of rotatable bonds is 28. The van der Waals surface area contributed by atoms with Crippen molar-refractivity contribution in [3.63, 3.8) is 0 Å². The highest BCUT2D eigenvalue weighted by Crippen LogP contribution is 2.31. The number of likely N-dealkylation sites (tertiary alicyclic amines) is 2. The molecule has 0 aliphatic carbocycles. The first-order chi connectivity index (χ1) is 35.8. The standard InChI is InChI=1S/C28H34N4O3S.C16H24N2O2.C12H11ClN2OS/c1-3-16-33-20-22-19-23(7-9-26(22)35-18-15-32-13-5-6-14-32)30-28-29-12-11-25(31-28)27-10-8-24(36-27)21-34-17-4-2;1-2-10-19-13-14-12-15(17)5-6-16(14)20-11-9-18-7-3-4-8-18;1-2-7-16-8-9-3-4-11(17-9)10-5-6-14-12(13)15-10/h3-4,7-12,19H,1-2,5-6,13-18,20-21H2,(H,29,30,31);2,5-6,12H,1,3-4,7-11,13,17H2;2-6H,1,7-8H2. The van der Waals surface area contributed by atoms with Gasteiger partial charge in [0.15, 0.2) is 0 Å². The van der Waals surface area contributed by atoms with Crippen LogP contribution in [0, 0.1) is 0 Å². The normalized spacial score (nSPS) is 13.3. The van der Waals surface area contributed by atoms with Crippen LogP contribution in [0.3, 0.4) is 0 Å². The second-order valence-corrected chi connectivity index (χ2v) is 19.5. The highest BCUT2D eigenvalue weighted by atomic mass is 35.5. The third-order valence-corrected chi connectivity index (χ3v) is 13.5. The van der Waals surface area contributed by atoms with Crippen molar-refractivity contribution in [2.45, 2.75) is 52.1 Å². The summed E-state index contributed by atoms with van der Waals surface area (Å²) in [5.74, 6) is 2.23. The summed E-state index contributed by atoms with van der Waals surface area (Å²) in [6, 6.07) is 23.6. The van der Waals surface area contributed by atoms with Gasteiger partial charge in [-0.3, -0.25) is 9.80 Å². The number of nitrogens with zero attached hydrogens (tertiary/aromatic N) is 6. The van der Waals surface area contributed by atoms with Gasteiger partial charge in [-0.1, -0.05) is 24.3 Å². The van der Waals surface area contributed by atoms with Gasteiger partial charge in [-0.2, -0.15) is 0 Å². The minimum Gasteiger partial charge on any atom is -0.492 e. The fourth-order valence-electron chi connectivity index (χ4n) is 7.68. The summed E-state index contributed by atoms with van der Waals surface area (Å²) in [7, 11) is 0. The van der Waals surface area contributed by atoms with Crippen LogP contribution < -0.4 is 20.5 Å². The van der Waals surface area contributed by atoms with Crippen molar-refractivity contribution in [1.82, 2.24) is 29.7 Å². The largest absolute Gasteiger partial charge is 0.492 e. The number of benzene rings is 2. The third-order valence-electron chi connectivity index (χ3n) is 11.2. The number of hydrogen-bond acceptors (Lipinski definition) is 16. The van der Waals surface area contributed by atoms with Gasteiger partial charge >= 0.3 is 0 Å². The van der Waals surface area contributed by atoms with E-state index < -0.39 is 0 Å². The van der Waals surface area contributed by atoms with Crippen LogP contribution in [-0.4, -0.2) is 109 Å². The molecule has 2 aromatic carbocycles. The summed E-state index contributed by atoms with van der Waals surface area (Å²) in [5, 5.41) is 3.59. The fraction of sp³-hybridized carbons (Fsp3) is 0.357. The van der Waals surface area contributed by atoms with Gasteiger partial charge in [0, 0.05) is 57.7 Å². The first kappa shape index (κ1) is 56.5. The second kappa shape index (κ2) is 32.4. The van der Waals surface area contributed by atoms with Gasteiger partial charge in [0.2, 0.25) is 11.2 Å². The van der Waals surface area contributed by atoms with E-state index in [2.05, 4.69) is 68.5 Å². The van der Waals surface area contributed by atoms with Crippen LogP contribution in [0.15, 0.2) is 136 Å². The molecule has 0 spiro atoms. The molecule has 0 unspecified atom stereocenters. The zero-order chi connectivity index (χ0) is 51.3. The van der Waals surface area contributed by atoms with Crippen molar-refractivity contribution in [3.8, 4) is 32.6 Å². The molecule has 2 saturated heterocycles. The van der Waals surface area contributed by atoms with E-state index in [1.165, 1.54) is 38.8 Å². The Morgan fingerprint density at radius 3 is 1.58 bits per heavy atom. The predicted molar refractivity (Wildman–Crippen MR) is 298 cm³/mol. The van der Waals surface area contributed by atoms with Crippen LogP contribution in [0.25, 0.3) is 21.1 Å². The average Bonchev–Trinajstić information content (AvgIpc) is 4.27. The number of ether oxygens (including phenoxy) is 6. The summed E-state index contributed by atoms with van der Waals surface area (Å²) in [6.07, 6.45) is 15.6. The number of thiophene rings is 2. The van der Waals surface area contributed by atoms with Crippen LogP contribution in [-0.2, 0) is 45.4 Å². The monoisotopic (exact) mass is 1050 g/mol. The second-order valence-electron chi connectivity index (χ2n) is 16.8. The van der Waals surface area contributed by atoms with Gasteiger partial charge in [0.1, 0.15) is 24.7 Å². The Balaban J connectivity index is 0.000000197. The summed E-state index contributed by atoms with van der Waals surface area (Å²) in [4.78, 5) is 26.5. The van der Waals surface area contributed by atoms with Gasteiger partial charge in [-0.25, -0.2) is 19.9 Å². The van der Waals surface area contributed by atoms with E-state index >= 15 is 0 Å². The fourth-order valence-corrected chi connectivity index (χ4v) is 9.66. The molecule has 3 N–H and O–H groups in total. The zero-order valence-corrected chi connectivity index (χ0v) is 44.2. The zero-order valence-electron chi connectivity index (χ0n) is 41.8. The van der Waals surface area contributed by atoms with E-state index in [9.17, 15) is 0 Å². The number of halogens is 1. The van der Waals surface area contributed by atoms with Crippen LogP contribution in [0.1, 0.15) is 46.6 Å². The van der Waals surface area contributed by atoms with Gasteiger partial charge in [-0.15, -0.1) is 49.0 Å². The number of aromatic nitrogens is 4. The summed E-state index contributed by atoms with van der Waals surface area (Å²) in [5.41, 5.74) is 11.1. The van der Waals surface area contributed by atoms with Gasteiger partial charge in [-0.05, 0) is 136 Å². The van der Waals surface area contributed by atoms with Crippen LogP contribution in [0.2, 0.25) is 5.28 Å². The Hall–Kier alpha value is -5.79. The molecule has 2 fully saturated rings. The number of anilines is 3. The Kier molecular flexibility index (Phi) is 25.1. The van der Waals surface area contributed by atoms with Crippen molar-refractivity contribution in [2.75, 3.05) is 90.0 Å². The highest BCUT2D eigenvalue weighted by molar-refractivity contribution is 7.15. The topological polar surface area (TPSA) is 151 Å². The maximum Gasteiger partial charge on any atom is 0.227 e. The molecule has 0 bridgehead atoms. The lowest BCUT2D eigenvalue weighted by atomic mass is 10.2. The molecule has 388 valence electrons. The summed E-state index contributed by atoms with van der Waals surface area (Å²) >= 11 is 9.05. The van der Waals surface area contributed by atoms with Crippen molar-refractivity contribution in [3.05, 3.63) is 162 Å². The SMILES string of the molecule is C=CCOCc1cc(N)ccc1OCCN1CCCC1.C=CCOCc1ccc(-c2ccnc(Cl)n2)s1.C=CCOCc1ccc(-c2ccnc(Nc3ccc(OCCN4CCCC4)c(COCC=C)c3)n2)s1. The number of nitrogen functional groups attached to an aromatic ring is 1. The predicted octanol–water partition coefficient (Wildman–Crippen LogP) is 11.8. The van der Waals surface area contributed by atoms with Crippen LogP contribution >= 0.6 is 34.3 Å². The molecule has 0 atom stereocenters. The first-order valence-electron chi connectivity index (χ1n) is 24.6. The summed E-state index contributed by atoms with van der Waals surface area (Å²) < 4.78 is 34.1. The average molecular weight is 1050 g/mol. The van der Waals surface area contributed by atoms with Gasteiger partial charge in [0.25, 0.3) is 0 Å². The summed E-state index contributed by atoms with van der Waals surface area (Å²) in [6.45, 7) is 26.9. The minimum absolute atomic E-state index is 0.264. The molecule has 17 heteroatoms. The molecular weight excluding hydrogens is 980 g/mol. The van der Waals surface area contributed by atoms with Crippen LogP contribution in [0.5, 0.6) is 11.5 Å². The van der Waals surface area contributed by atoms with Gasteiger partial charge in [0.05, 0.1) is 74.0 Å². The van der Waals surface area contributed by atoms with E-state index in [1.54, 1.807) is 59.4 Å². The molecule has 73 heavy (non-hydrogen) atoms. The molecule has 4 aromatic heterocycles. The molecule has 6 aromatic rings. The maximum absolute atomic E-state index is 6.13. The molecular formula is C56H69ClN8O6S2. The van der Waals surface area contributed by atoms with Crippen molar-refractivity contribution in [2.24, 2.45) is 0 Å². The molecule has 0 radical (unpaired) electrons. The van der Waals surface area contributed by atoms with Crippen LogP contribution in [0.4, 0.5) is 17.3 Å². The van der Waals surface area contributed by atoms with E-state index in [1.807, 2.05) is 60.7 Å². The molecule has 8 rings (SSSR count). The number of nitrogens with one attached hydrogen (secondary N) is 1. The molecule has 14 nitrogen and oxygen atoms in total. The highest BCUT2D eigenvalue weighted by Gasteiger charge is 2.15. The Bertz CT molecular complexity index is 2600. The third kappa shape index (κ3) is 20.2. The Morgan fingerprint density at radius 1 is 0.575 bits per heavy atom. The smallest absolute Gasteiger partial charge is 0.227 e. The number of nitrogens with two attached hydrogens (primary N) is 1. The van der Waals surface area contributed by atoms with Crippen molar-refractivity contribution >= 4 is 51.6 Å².